The van der Waals surface area contributed by atoms with E-state index in [0.717, 1.165) is 29.3 Å². The van der Waals surface area contributed by atoms with Crippen LogP contribution >= 0.6 is 0 Å². The number of para-hydroxylation sites is 1. The van der Waals surface area contributed by atoms with Crippen LogP contribution in [0.2, 0.25) is 0 Å². The Bertz CT molecular complexity index is 917. The molecule has 2 heterocycles. The van der Waals surface area contributed by atoms with Crippen LogP contribution in [0.5, 0.6) is 5.75 Å². The maximum absolute atomic E-state index is 5.70. The molecule has 0 amide bonds. The van der Waals surface area contributed by atoms with Gasteiger partial charge in [0, 0.05) is 18.3 Å². The first-order valence-corrected chi connectivity index (χ1v) is 8.94. The monoisotopic (exact) mass is 364 g/mol. The molecule has 0 aliphatic heterocycles. The second kappa shape index (κ2) is 9.38. The van der Waals surface area contributed by atoms with Gasteiger partial charge in [0.15, 0.2) is 17.4 Å². The first-order valence-electron chi connectivity index (χ1n) is 8.94. The van der Waals surface area contributed by atoms with Crippen LogP contribution in [0.15, 0.2) is 66.3 Å². The van der Waals surface area contributed by atoms with Crippen LogP contribution in [0.4, 0.5) is 0 Å². The highest BCUT2D eigenvalue weighted by atomic mass is 16.5. The second-order valence-corrected chi connectivity index (χ2v) is 5.80. The molecule has 140 valence electrons. The van der Waals surface area contributed by atoms with E-state index < -0.39 is 0 Å². The lowest BCUT2D eigenvalue weighted by molar-refractivity contribution is 0.359. The summed E-state index contributed by atoms with van der Waals surface area (Å²) in [7, 11) is 0. The van der Waals surface area contributed by atoms with Crippen LogP contribution in [-0.4, -0.2) is 33.7 Å². The molecule has 2 aromatic heterocycles. The zero-order valence-electron chi connectivity index (χ0n) is 15.4. The molecule has 7 nitrogen and oxygen atoms in total. The van der Waals surface area contributed by atoms with Crippen LogP contribution in [-0.2, 0) is 13.1 Å². The van der Waals surface area contributed by atoms with Gasteiger partial charge in [-0.25, -0.2) is 4.99 Å². The number of guanidine groups is 1. The normalized spacial score (nSPS) is 11.4. The third-order valence-electron chi connectivity index (χ3n) is 3.88. The summed E-state index contributed by atoms with van der Waals surface area (Å²) >= 11 is 0. The third-order valence-corrected chi connectivity index (χ3v) is 3.88. The van der Waals surface area contributed by atoms with E-state index in [0.29, 0.717) is 25.7 Å². The molecule has 0 aliphatic rings. The topological polar surface area (TPSA) is 75.8 Å². The van der Waals surface area contributed by atoms with Crippen molar-refractivity contribution in [2.24, 2.45) is 4.99 Å². The fourth-order valence-electron chi connectivity index (χ4n) is 2.60. The molecule has 0 atom stereocenters. The van der Waals surface area contributed by atoms with E-state index in [2.05, 4.69) is 32.4 Å². The molecular weight excluding hydrogens is 340 g/mol. The summed E-state index contributed by atoms with van der Waals surface area (Å²) < 4.78 is 7.65. The third kappa shape index (κ3) is 4.84. The molecule has 0 saturated carbocycles. The van der Waals surface area contributed by atoms with Crippen molar-refractivity contribution in [2.45, 2.75) is 20.0 Å². The number of nitrogens with one attached hydrogen (secondary N) is 2. The van der Waals surface area contributed by atoms with Crippen molar-refractivity contribution in [2.75, 3.05) is 13.2 Å². The van der Waals surface area contributed by atoms with Crippen molar-refractivity contribution in [1.82, 2.24) is 25.2 Å². The summed E-state index contributed by atoms with van der Waals surface area (Å²) in [5.74, 6) is 2.36. The van der Waals surface area contributed by atoms with Gasteiger partial charge in [-0.1, -0.05) is 36.9 Å². The van der Waals surface area contributed by atoms with Gasteiger partial charge in [-0.2, -0.15) is 0 Å². The molecule has 27 heavy (non-hydrogen) atoms. The Morgan fingerprint density at radius 1 is 1.19 bits per heavy atom. The summed E-state index contributed by atoms with van der Waals surface area (Å²) in [6.07, 6.45) is 3.68. The highest BCUT2D eigenvalue weighted by Gasteiger charge is 2.07. The summed E-state index contributed by atoms with van der Waals surface area (Å²) in [4.78, 5) is 4.66. The number of pyridine rings is 1. The van der Waals surface area contributed by atoms with Crippen molar-refractivity contribution < 1.29 is 4.74 Å². The van der Waals surface area contributed by atoms with E-state index >= 15 is 0 Å². The Morgan fingerprint density at radius 2 is 2.04 bits per heavy atom. The molecule has 0 saturated heterocycles. The standard InChI is InChI=1S/C20H24N6O/c1-3-13-27-17-10-6-5-9-16(17)14-22-20(21-4-2)23-15-19-25-24-18-11-7-8-12-26(18)19/h3,5-12H,1,4,13-15H2,2H3,(H2,21,22,23). The average molecular weight is 364 g/mol. The number of nitrogens with zero attached hydrogens (tertiary/aromatic N) is 4. The Balaban J connectivity index is 1.69. The van der Waals surface area contributed by atoms with Gasteiger partial charge in [-0.3, -0.25) is 4.40 Å². The van der Waals surface area contributed by atoms with Crippen LogP contribution in [0.3, 0.4) is 0 Å². The zero-order valence-corrected chi connectivity index (χ0v) is 15.4. The Morgan fingerprint density at radius 3 is 2.89 bits per heavy atom. The summed E-state index contributed by atoms with van der Waals surface area (Å²) in [6, 6.07) is 13.7. The predicted octanol–water partition coefficient (Wildman–Crippen LogP) is 2.55. The van der Waals surface area contributed by atoms with Crippen LogP contribution < -0.4 is 15.4 Å². The average Bonchev–Trinajstić information content (AvgIpc) is 3.12. The first-order chi connectivity index (χ1) is 13.3. The highest BCUT2D eigenvalue weighted by Crippen LogP contribution is 2.18. The van der Waals surface area contributed by atoms with Crippen LogP contribution in [0.1, 0.15) is 18.3 Å². The highest BCUT2D eigenvalue weighted by molar-refractivity contribution is 5.79. The van der Waals surface area contributed by atoms with Gasteiger partial charge in [0.05, 0.1) is 13.1 Å². The molecule has 3 rings (SSSR count). The van der Waals surface area contributed by atoms with Gasteiger partial charge >= 0.3 is 0 Å². The maximum atomic E-state index is 5.70. The van der Waals surface area contributed by atoms with Crippen molar-refractivity contribution in [3.63, 3.8) is 0 Å². The van der Waals surface area contributed by atoms with E-state index in [1.165, 1.54) is 0 Å². The Hall–Kier alpha value is -3.35. The number of benzene rings is 1. The lowest BCUT2D eigenvalue weighted by Gasteiger charge is -2.12. The maximum Gasteiger partial charge on any atom is 0.191 e. The van der Waals surface area contributed by atoms with E-state index in [-0.39, 0.29) is 0 Å². The van der Waals surface area contributed by atoms with Gasteiger partial charge in [0.1, 0.15) is 12.4 Å². The molecule has 0 aliphatic carbocycles. The summed E-state index contributed by atoms with van der Waals surface area (Å²) in [5.41, 5.74) is 1.84. The molecule has 0 bridgehead atoms. The molecule has 0 fully saturated rings. The molecule has 0 unspecified atom stereocenters. The Labute approximate surface area is 158 Å². The lowest BCUT2D eigenvalue weighted by Crippen LogP contribution is -2.37. The first kappa shape index (κ1) is 18.4. The number of aromatic nitrogens is 3. The zero-order chi connectivity index (χ0) is 18.9. The summed E-state index contributed by atoms with van der Waals surface area (Å²) in [6.45, 7) is 7.98. The second-order valence-electron chi connectivity index (χ2n) is 5.80. The number of hydrogen-bond acceptors (Lipinski definition) is 4. The minimum absolute atomic E-state index is 0.471. The number of aliphatic imine (C=N–C) groups is 1. The number of rotatable bonds is 8. The molecule has 7 heteroatoms. The van der Waals surface area contributed by atoms with Gasteiger partial charge in [0.25, 0.3) is 0 Å². The molecule has 0 spiro atoms. The van der Waals surface area contributed by atoms with Gasteiger partial charge in [-0.05, 0) is 25.1 Å². The largest absolute Gasteiger partial charge is 0.489 e. The quantitative estimate of drug-likeness (QED) is 0.365. The van der Waals surface area contributed by atoms with E-state index in [1.807, 2.05) is 60.0 Å². The van der Waals surface area contributed by atoms with E-state index in [9.17, 15) is 0 Å². The van der Waals surface area contributed by atoms with Crippen LogP contribution in [0, 0.1) is 0 Å². The SMILES string of the molecule is C=CCOc1ccccc1CN=C(NCC)NCc1nnc2ccccn12. The molecule has 2 N–H and O–H groups in total. The lowest BCUT2D eigenvalue weighted by atomic mass is 10.2. The van der Waals surface area contributed by atoms with Gasteiger partial charge in [-0.15, -0.1) is 10.2 Å². The number of fused-ring (bicyclic) bond motifs is 1. The number of ether oxygens (including phenoxy) is 1. The van der Waals surface area contributed by atoms with E-state index in [1.54, 1.807) is 6.08 Å². The smallest absolute Gasteiger partial charge is 0.191 e. The van der Waals surface area contributed by atoms with Gasteiger partial charge < -0.3 is 15.4 Å². The predicted molar refractivity (Wildman–Crippen MR) is 107 cm³/mol. The van der Waals surface area contributed by atoms with E-state index in [4.69, 9.17) is 4.74 Å². The van der Waals surface area contributed by atoms with Gasteiger partial charge in [0.2, 0.25) is 0 Å². The minimum Gasteiger partial charge on any atom is -0.489 e. The van der Waals surface area contributed by atoms with Crippen molar-refractivity contribution in [3.8, 4) is 5.75 Å². The van der Waals surface area contributed by atoms with Crippen LogP contribution in [0.25, 0.3) is 5.65 Å². The van der Waals surface area contributed by atoms with Crippen molar-refractivity contribution in [1.29, 1.82) is 0 Å². The minimum atomic E-state index is 0.471. The van der Waals surface area contributed by atoms with Crippen molar-refractivity contribution >= 4 is 11.6 Å². The fourth-order valence-corrected chi connectivity index (χ4v) is 2.60. The van der Waals surface area contributed by atoms with Crippen molar-refractivity contribution in [3.05, 3.63) is 72.7 Å². The molecule has 3 aromatic rings. The fraction of sp³-hybridized carbons (Fsp3) is 0.250. The summed E-state index contributed by atoms with van der Waals surface area (Å²) in [5, 5.41) is 15.0. The Kier molecular flexibility index (Phi) is 6.40. The molecular formula is C20H24N6O. The molecule has 1 aromatic carbocycles. The number of hydrogen-bond donors (Lipinski definition) is 2. The molecule has 0 radical (unpaired) electrons.